The van der Waals surface area contributed by atoms with E-state index < -0.39 is 0 Å². The Bertz CT molecular complexity index is 844. The van der Waals surface area contributed by atoms with Crippen LogP contribution in [-0.2, 0) is 4.79 Å². The molecule has 6 heteroatoms. The van der Waals surface area contributed by atoms with Crippen LogP contribution in [0.25, 0.3) is 17.1 Å². The van der Waals surface area contributed by atoms with Gasteiger partial charge >= 0.3 is 0 Å². The highest BCUT2D eigenvalue weighted by atomic mass is 35.5. The Hall–Kier alpha value is -2.14. The van der Waals surface area contributed by atoms with Crippen molar-refractivity contribution in [3.8, 4) is 0 Å². The van der Waals surface area contributed by atoms with E-state index in [1.165, 1.54) is 25.7 Å². The van der Waals surface area contributed by atoms with E-state index >= 15 is 0 Å². The Morgan fingerprint density at radius 1 is 1.21 bits per heavy atom. The summed E-state index contributed by atoms with van der Waals surface area (Å²) in [6.45, 7) is 0. The van der Waals surface area contributed by atoms with Gasteiger partial charge in [-0.3, -0.25) is 4.79 Å². The Labute approximate surface area is 145 Å². The number of amides is 1. The lowest BCUT2D eigenvalue weighted by Gasteiger charge is -2.12. The van der Waals surface area contributed by atoms with Gasteiger partial charge in [0.05, 0.1) is 5.02 Å². The number of hydrogen-bond donors (Lipinski definition) is 2. The maximum atomic E-state index is 12.3. The number of aliphatic imine (C=N–C) groups is 1. The van der Waals surface area contributed by atoms with Gasteiger partial charge in [0, 0.05) is 29.3 Å². The average Bonchev–Trinajstić information content (AvgIpc) is 3.01. The van der Waals surface area contributed by atoms with E-state index in [1.54, 1.807) is 12.3 Å². The summed E-state index contributed by atoms with van der Waals surface area (Å²) in [7, 11) is 0. The van der Waals surface area contributed by atoms with Crippen LogP contribution in [0.2, 0.25) is 5.02 Å². The lowest BCUT2D eigenvalue weighted by molar-refractivity contribution is -0.115. The van der Waals surface area contributed by atoms with Crippen LogP contribution in [0.4, 0.5) is 0 Å². The van der Waals surface area contributed by atoms with Gasteiger partial charge in [0.2, 0.25) is 0 Å². The summed E-state index contributed by atoms with van der Waals surface area (Å²) >= 11 is 6.03. The maximum Gasteiger partial charge on any atom is 0.275 e. The molecule has 1 saturated carbocycles. The Balaban J connectivity index is 1.65. The molecule has 2 aliphatic rings. The number of nitrogens with zero attached hydrogens (tertiary/aromatic N) is 2. The summed E-state index contributed by atoms with van der Waals surface area (Å²) in [5.41, 5.74) is 2.07. The third kappa shape index (κ3) is 2.96. The summed E-state index contributed by atoms with van der Waals surface area (Å²) in [4.78, 5) is 24.2. The largest absolute Gasteiger partial charge is 0.346 e. The molecule has 2 N–H and O–H groups in total. The molecule has 2 aromatic heterocycles. The summed E-state index contributed by atoms with van der Waals surface area (Å²) < 4.78 is 0. The minimum Gasteiger partial charge on any atom is -0.346 e. The van der Waals surface area contributed by atoms with Crippen molar-refractivity contribution in [1.82, 2.24) is 15.3 Å². The van der Waals surface area contributed by atoms with Crippen LogP contribution in [0.5, 0.6) is 0 Å². The van der Waals surface area contributed by atoms with Gasteiger partial charge in [-0.1, -0.05) is 37.3 Å². The van der Waals surface area contributed by atoms with Crippen LogP contribution in [0.1, 0.15) is 44.1 Å². The predicted octanol–water partition coefficient (Wildman–Crippen LogP) is 4.06. The maximum absolute atomic E-state index is 12.3. The lowest BCUT2D eigenvalue weighted by Crippen LogP contribution is -2.30. The smallest absolute Gasteiger partial charge is 0.275 e. The average molecular weight is 343 g/mol. The minimum absolute atomic E-state index is 0.126. The van der Waals surface area contributed by atoms with Gasteiger partial charge in [-0.25, -0.2) is 9.98 Å². The van der Waals surface area contributed by atoms with Crippen molar-refractivity contribution in [2.45, 2.75) is 38.5 Å². The number of amidine groups is 1. The molecule has 4 rings (SSSR count). The summed E-state index contributed by atoms with van der Waals surface area (Å²) in [6.07, 6.45) is 12.4. The fourth-order valence-electron chi connectivity index (χ4n) is 3.50. The van der Waals surface area contributed by atoms with Crippen molar-refractivity contribution in [3.63, 3.8) is 0 Å². The Morgan fingerprint density at radius 2 is 2.00 bits per heavy atom. The lowest BCUT2D eigenvalue weighted by atomic mass is 9.99. The number of carbonyl (C=O) groups is 1. The van der Waals surface area contributed by atoms with Crippen molar-refractivity contribution in [1.29, 1.82) is 0 Å². The van der Waals surface area contributed by atoms with E-state index in [1.807, 2.05) is 12.3 Å². The van der Waals surface area contributed by atoms with Crippen LogP contribution < -0.4 is 5.32 Å². The second-order valence-electron chi connectivity index (χ2n) is 6.46. The van der Waals surface area contributed by atoms with E-state index in [9.17, 15) is 4.79 Å². The molecular weight excluding hydrogens is 324 g/mol. The number of carbonyl (C=O) groups excluding carboxylic acids is 1. The number of pyridine rings is 1. The third-order valence-corrected chi connectivity index (χ3v) is 4.99. The van der Waals surface area contributed by atoms with Gasteiger partial charge < -0.3 is 10.3 Å². The first-order valence-corrected chi connectivity index (χ1v) is 8.83. The van der Waals surface area contributed by atoms with Gasteiger partial charge in [0.15, 0.2) is 0 Å². The van der Waals surface area contributed by atoms with Crippen molar-refractivity contribution >= 4 is 40.5 Å². The van der Waals surface area contributed by atoms with Crippen molar-refractivity contribution in [2.24, 2.45) is 10.9 Å². The third-order valence-electron chi connectivity index (χ3n) is 4.78. The highest BCUT2D eigenvalue weighted by Crippen LogP contribution is 2.27. The number of aromatic nitrogens is 2. The predicted molar refractivity (Wildman–Crippen MR) is 95.9 cm³/mol. The van der Waals surface area contributed by atoms with Crippen LogP contribution >= 0.6 is 11.6 Å². The first-order valence-electron chi connectivity index (χ1n) is 8.45. The molecule has 0 bridgehead atoms. The van der Waals surface area contributed by atoms with Gasteiger partial charge in [0.25, 0.3) is 5.91 Å². The highest BCUT2D eigenvalue weighted by molar-refractivity contribution is 6.31. The van der Waals surface area contributed by atoms with E-state index in [-0.39, 0.29) is 5.91 Å². The monoisotopic (exact) mass is 342 g/mol. The number of aromatic amines is 1. The fraction of sp³-hybridized carbons (Fsp3) is 0.389. The molecule has 124 valence electrons. The quantitative estimate of drug-likeness (QED) is 0.638. The standard InChI is InChI=1S/C18H19ClN4O/c19-13-8-14-12(9-20-17(14)21-10-13)7-15-18(24)23-16(22-15)11-5-3-1-2-4-6-11/h7-11H,1-6H2,(H,20,21)(H,22,23,24)/b15-7-. The van der Waals surface area contributed by atoms with Gasteiger partial charge in [-0.2, -0.15) is 0 Å². The Morgan fingerprint density at radius 3 is 2.79 bits per heavy atom. The number of halogens is 1. The number of fused-ring (bicyclic) bond motifs is 1. The second kappa shape index (κ2) is 6.40. The molecule has 2 aromatic rings. The zero-order chi connectivity index (χ0) is 16.5. The SMILES string of the molecule is O=C1NC(C2CCCCCC2)=N/C1=C\c1c[nH]c2ncc(Cl)cc12. The molecule has 1 aliphatic heterocycles. The topological polar surface area (TPSA) is 70.1 Å². The molecule has 0 spiro atoms. The number of H-pyrrole nitrogens is 1. The summed E-state index contributed by atoms with van der Waals surface area (Å²) in [5, 5.41) is 4.42. The molecule has 0 aromatic carbocycles. The van der Waals surface area contributed by atoms with Crippen molar-refractivity contribution in [2.75, 3.05) is 0 Å². The molecule has 1 fully saturated rings. The van der Waals surface area contributed by atoms with Gasteiger partial charge in [-0.15, -0.1) is 0 Å². The van der Waals surface area contributed by atoms with Crippen LogP contribution in [-0.4, -0.2) is 21.7 Å². The first-order chi connectivity index (χ1) is 11.7. The molecule has 0 radical (unpaired) electrons. The van der Waals surface area contributed by atoms with E-state index in [0.29, 0.717) is 16.6 Å². The molecule has 1 amide bonds. The minimum atomic E-state index is -0.126. The van der Waals surface area contributed by atoms with E-state index in [2.05, 4.69) is 20.3 Å². The molecular formula is C18H19ClN4O. The number of rotatable bonds is 2. The molecule has 3 heterocycles. The number of hydrogen-bond acceptors (Lipinski definition) is 3. The molecule has 24 heavy (non-hydrogen) atoms. The molecule has 1 aliphatic carbocycles. The normalized spacial score (nSPS) is 21.1. The molecule has 0 saturated heterocycles. The molecule has 5 nitrogen and oxygen atoms in total. The zero-order valence-electron chi connectivity index (χ0n) is 13.3. The summed E-state index contributed by atoms with van der Waals surface area (Å²) in [6, 6.07) is 1.84. The first kappa shape index (κ1) is 15.4. The van der Waals surface area contributed by atoms with Crippen molar-refractivity contribution in [3.05, 3.63) is 34.7 Å². The van der Waals surface area contributed by atoms with Crippen molar-refractivity contribution < 1.29 is 4.79 Å². The fourth-order valence-corrected chi connectivity index (χ4v) is 3.66. The molecule has 0 atom stereocenters. The second-order valence-corrected chi connectivity index (χ2v) is 6.90. The molecule has 0 unspecified atom stereocenters. The summed E-state index contributed by atoms with van der Waals surface area (Å²) in [5.74, 6) is 1.09. The number of nitrogens with one attached hydrogen (secondary N) is 2. The van der Waals surface area contributed by atoms with Gasteiger partial charge in [-0.05, 0) is 25.0 Å². The zero-order valence-corrected chi connectivity index (χ0v) is 14.1. The van der Waals surface area contributed by atoms with Crippen LogP contribution in [0.3, 0.4) is 0 Å². The van der Waals surface area contributed by atoms with Crippen LogP contribution in [0.15, 0.2) is 29.1 Å². The van der Waals surface area contributed by atoms with Gasteiger partial charge in [0.1, 0.15) is 17.2 Å². The Kier molecular flexibility index (Phi) is 4.10. The van der Waals surface area contributed by atoms with Crippen LogP contribution in [0, 0.1) is 5.92 Å². The van der Waals surface area contributed by atoms with E-state index in [0.717, 1.165) is 35.3 Å². The van der Waals surface area contributed by atoms with E-state index in [4.69, 9.17) is 11.6 Å². The highest BCUT2D eigenvalue weighted by Gasteiger charge is 2.27.